The summed E-state index contributed by atoms with van der Waals surface area (Å²) in [4.78, 5) is 31.5. The number of carbonyl (C=O) groups is 2. The second-order valence-electron chi connectivity index (χ2n) is 12.1. The highest BCUT2D eigenvalue weighted by atomic mass is 16.5. The highest BCUT2D eigenvalue weighted by Crippen LogP contribution is 2.40. The summed E-state index contributed by atoms with van der Waals surface area (Å²) in [6.07, 6.45) is 11.2. The lowest BCUT2D eigenvalue weighted by Gasteiger charge is -2.45. The van der Waals surface area contributed by atoms with Gasteiger partial charge in [0.25, 0.3) is 0 Å². The van der Waals surface area contributed by atoms with Crippen molar-refractivity contribution in [2.24, 2.45) is 0 Å². The summed E-state index contributed by atoms with van der Waals surface area (Å²) in [5, 5.41) is 6.86. The van der Waals surface area contributed by atoms with Gasteiger partial charge < -0.3 is 19.9 Å². The molecular weight excluding hydrogens is 492 g/mol. The molecule has 3 aliphatic heterocycles. The van der Waals surface area contributed by atoms with Crippen molar-refractivity contribution in [3.8, 4) is 5.75 Å². The first-order valence-electron chi connectivity index (χ1n) is 14.8. The first kappa shape index (κ1) is 26.3. The van der Waals surface area contributed by atoms with Gasteiger partial charge in [0, 0.05) is 63.5 Å². The number of hydrogen-bond donors (Lipinski definition) is 1. The zero-order valence-electron chi connectivity index (χ0n) is 23.4. The molecule has 9 nitrogen and oxygen atoms in total. The van der Waals surface area contributed by atoms with Crippen LogP contribution < -0.4 is 10.1 Å². The Hall–Kier alpha value is -2.91. The predicted molar refractivity (Wildman–Crippen MR) is 150 cm³/mol. The van der Waals surface area contributed by atoms with Crippen molar-refractivity contribution in [3.05, 3.63) is 41.6 Å². The van der Waals surface area contributed by atoms with Gasteiger partial charge in [-0.1, -0.05) is 6.07 Å². The number of anilines is 1. The Morgan fingerprint density at radius 1 is 1.03 bits per heavy atom. The van der Waals surface area contributed by atoms with E-state index in [-0.39, 0.29) is 17.5 Å². The maximum atomic E-state index is 13.1. The van der Waals surface area contributed by atoms with E-state index in [1.54, 1.807) is 12.3 Å². The van der Waals surface area contributed by atoms with E-state index in [0.717, 1.165) is 50.6 Å². The molecule has 1 aliphatic carbocycles. The van der Waals surface area contributed by atoms with Gasteiger partial charge >= 0.3 is 6.03 Å². The molecule has 9 heteroatoms. The molecule has 0 radical (unpaired) electrons. The third-order valence-electron chi connectivity index (χ3n) is 9.12. The monoisotopic (exact) mass is 534 g/mol. The number of rotatable bonds is 6. The average Bonchev–Trinajstić information content (AvgIpc) is 3.55. The maximum Gasteiger partial charge on any atom is 0.344 e. The van der Waals surface area contributed by atoms with Crippen LogP contribution in [0.3, 0.4) is 0 Å². The fraction of sp³-hybridized carbons (Fsp3) is 0.633. The molecule has 2 aromatic rings. The van der Waals surface area contributed by atoms with Crippen molar-refractivity contribution in [2.75, 3.05) is 38.0 Å². The van der Waals surface area contributed by atoms with Crippen LogP contribution in [0, 0.1) is 6.92 Å². The molecule has 1 N–H and O–H groups in total. The Labute approximate surface area is 231 Å². The SMILES string of the molecule is CC(=O)Nc1ccn(C(=O)N2CCC3(CCCN3Cc3cc(C)cc(OC4CCN(C5CC5)CC4)c3)CC2)n1. The summed E-state index contributed by atoms with van der Waals surface area (Å²) in [6, 6.07) is 9.12. The molecule has 4 aliphatic rings. The van der Waals surface area contributed by atoms with Crippen molar-refractivity contribution >= 4 is 17.8 Å². The van der Waals surface area contributed by atoms with Crippen LogP contribution in [-0.4, -0.2) is 86.8 Å². The second kappa shape index (κ2) is 10.9. The topological polar surface area (TPSA) is 82.9 Å². The van der Waals surface area contributed by atoms with Crippen molar-refractivity contribution in [3.63, 3.8) is 0 Å². The van der Waals surface area contributed by atoms with E-state index in [1.165, 1.54) is 61.5 Å². The molecule has 0 atom stereocenters. The van der Waals surface area contributed by atoms with Gasteiger partial charge in [-0.05, 0) is 88.1 Å². The molecular formula is C30H42N6O3. The summed E-state index contributed by atoms with van der Waals surface area (Å²) < 4.78 is 7.84. The van der Waals surface area contributed by atoms with Gasteiger partial charge in [-0.2, -0.15) is 4.68 Å². The predicted octanol–water partition coefficient (Wildman–Crippen LogP) is 4.25. The summed E-state index contributed by atoms with van der Waals surface area (Å²) in [7, 11) is 0. The Kier molecular flexibility index (Phi) is 7.37. The second-order valence-corrected chi connectivity index (χ2v) is 12.1. The molecule has 6 rings (SSSR count). The summed E-state index contributed by atoms with van der Waals surface area (Å²) in [5.41, 5.74) is 2.72. The number of hydrogen-bond acceptors (Lipinski definition) is 6. The highest BCUT2D eigenvalue weighted by molar-refractivity contribution is 5.88. The van der Waals surface area contributed by atoms with Crippen LogP contribution in [0.25, 0.3) is 0 Å². The van der Waals surface area contributed by atoms with Gasteiger partial charge in [-0.3, -0.25) is 9.69 Å². The smallest absolute Gasteiger partial charge is 0.344 e. The average molecular weight is 535 g/mol. The fourth-order valence-electron chi connectivity index (χ4n) is 6.94. The number of benzene rings is 1. The van der Waals surface area contributed by atoms with E-state index in [0.29, 0.717) is 25.0 Å². The van der Waals surface area contributed by atoms with E-state index < -0.39 is 0 Å². The van der Waals surface area contributed by atoms with E-state index in [1.807, 2.05) is 4.90 Å². The van der Waals surface area contributed by atoms with Crippen LogP contribution >= 0.6 is 0 Å². The molecule has 0 unspecified atom stereocenters. The number of amides is 2. The number of aryl methyl sites for hydroxylation is 1. The van der Waals surface area contributed by atoms with Crippen molar-refractivity contribution < 1.29 is 14.3 Å². The Morgan fingerprint density at radius 3 is 2.51 bits per heavy atom. The third kappa shape index (κ3) is 5.99. The normalized spacial score (nSPS) is 22.4. The number of nitrogens with one attached hydrogen (secondary N) is 1. The molecule has 1 aromatic heterocycles. The van der Waals surface area contributed by atoms with Gasteiger partial charge in [0.15, 0.2) is 5.82 Å². The molecule has 3 saturated heterocycles. The molecule has 39 heavy (non-hydrogen) atoms. The molecule has 2 amide bonds. The number of ether oxygens (including phenoxy) is 1. The largest absolute Gasteiger partial charge is 0.490 e. The van der Waals surface area contributed by atoms with Crippen LogP contribution in [0.4, 0.5) is 10.6 Å². The van der Waals surface area contributed by atoms with Gasteiger partial charge in [0.1, 0.15) is 11.9 Å². The van der Waals surface area contributed by atoms with Gasteiger partial charge in [-0.15, -0.1) is 5.10 Å². The molecule has 1 spiro atoms. The summed E-state index contributed by atoms with van der Waals surface area (Å²) in [5.74, 6) is 1.22. The standard InChI is InChI=1S/C30H42N6O3/c1-22-18-24(20-27(19-22)39-26-6-13-33(14-7-26)25-4-5-25)21-35-12-3-9-30(35)10-16-34(17-11-30)29(38)36-15-8-28(32-36)31-23(2)37/h8,15,18-20,25-26H,3-7,9-14,16-17,21H2,1-2H3,(H,31,32,37). The summed E-state index contributed by atoms with van der Waals surface area (Å²) in [6.45, 7) is 9.38. The van der Waals surface area contributed by atoms with Gasteiger partial charge in [-0.25, -0.2) is 4.79 Å². The zero-order valence-corrected chi connectivity index (χ0v) is 23.4. The van der Waals surface area contributed by atoms with Gasteiger partial charge in [0.2, 0.25) is 5.91 Å². The van der Waals surface area contributed by atoms with Crippen LogP contribution in [0.1, 0.15) is 69.4 Å². The molecule has 210 valence electrons. The zero-order chi connectivity index (χ0) is 27.0. The third-order valence-corrected chi connectivity index (χ3v) is 9.12. The maximum absolute atomic E-state index is 13.1. The Balaban J connectivity index is 1.05. The number of nitrogens with zero attached hydrogens (tertiary/aromatic N) is 5. The minimum Gasteiger partial charge on any atom is -0.490 e. The highest BCUT2D eigenvalue weighted by Gasteiger charge is 2.44. The number of carbonyl (C=O) groups excluding carboxylic acids is 2. The van der Waals surface area contributed by atoms with E-state index in [2.05, 4.69) is 45.3 Å². The molecule has 0 bridgehead atoms. The molecule has 1 aromatic carbocycles. The van der Waals surface area contributed by atoms with Crippen LogP contribution in [-0.2, 0) is 11.3 Å². The number of likely N-dealkylation sites (tertiary alicyclic amines) is 3. The van der Waals surface area contributed by atoms with Crippen LogP contribution in [0.5, 0.6) is 5.75 Å². The van der Waals surface area contributed by atoms with Crippen molar-refractivity contribution in [1.29, 1.82) is 0 Å². The Morgan fingerprint density at radius 2 is 1.79 bits per heavy atom. The minimum atomic E-state index is -0.199. The summed E-state index contributed by atoms with van der Waals surface area (Å²) >= 11 is 0. The first-order chi connectivity index (χ1) is 18.9. The lowest BCUT2D eigenvalue weighted by Crippen LogP contribution is -2.53. The van der Waals surface area contributed by atoms with E-state index in [4.69, 9.17) is 4.74 Å². The van der Waals surface area contributed by atoms with Crippen LogP contribution in [0.15, 0.2) is 30.5 Å². The lowest BCUT2D eigenvalue weighted by atomic mass is 9.84. The molecule has 4 heterocycles. The molecule has 4 fully saturated rings. The quantitative estimate of drug-likeness (QED) is 0.597. The van der Waals surface area contributed by atoms with Crippen molar-refractivity contribution in [2.45, 2.75) is 89.4 Å². The van der Waals surface area contributed by atoms with E-state index in [9.17, 15) is 9.59 Å². The first-order valence-corrected chi connectivity index (χ1v) is 14.8. The van der Waals surface area contributed by atoms with E-state index >= 15 is 0 Å². The number of aromatic nitrogens is 2. The lowest BCUT2D eigenvalue weighted by molar-refractivity contribution is -0.114. The van der Waals surface area contributed by atoms with Crippen molar-refractivity contribution in [1.82, 2.24) is 24.5 Å². The minimum absolute atomic E-state index is 0.130. The number of piperidine rings is 2. The fourth-order valence-corrected chi connectivity index (χ4v) is 6.94. The van der Waals surface area contributed by atoms with Crippen LogP contribution in [0.2, 0.25) is 0 Å². The Bertz CT molecular complexity index is 1190. The molecule has 1 saturated carbocycles. The van der Waals surface area contributed by atoms with Gasteiger partial charge in [0.05, 0.1) is 0 Å².